The van der Waals surface area contributed by atoms with E-state index in [1.165, 1.54) is 7.11 Å². The van der Waals surface area contributed by atoms with Crippen LogP contribution in [-0.2, 0) is 23.9 Å². The lowest BCUT2D eigenvalue weighted by Crippen LogP contribution is -2.54. The zero-order valence-corrected chi connectivity index (χ0v) is 23.7. The van der Waals surface area contributed by atoms with E-state index in [9.17, 15) is 19.2 Å². The average molecular weight is 547 g/mol. The van der Waals surface area contributed by atoms with Gasteiger partial charge in [0.05, 0.1) is 13.7 Å². The first kappa shape index (κ1) is 31.4. The van der Waals surface area contributed by atoms with Crippen molar-refractivity contribution in [1.82, 2.24) is 20.9 Å². The Kier molecular flexibility index (Phi) is 13.9. The first-order valence-electron chi connectivity index (χ1n) is 13.2. The summed E-state index contributed by atoms with van der Waals surface area (Å²) in [5.74, 6) is -0.213. The molecule has 9 nitrogen and oxygen atoms in total. The minimum Gasteiger partial charge on any atom is -0.467 e. The number of carbonyl (C=O) groups excluding carboxylic acids is 4. The number of carbonyl (C=O) groups is 4. The van der Waals surface area contributed by atoms with E-state index in [0.29, 0.717) is 38.1 Å². The Hall–Kier alpha value is -2.85. The lowest BCUT2D eigenvalue weighted by Gasteiger charge is -2.31. The molecule has 0 radical (unpaired) electrons. The van der Waals surface area contributed by atoms with E-state index < -0.39 is 18.1 Å². The number of amides is 3. The monoisotopic (exact) mass is 546 g/mol. The van der Waals surface area contributed by atoms with Crippen LogP contribution < -0.4 is 16.0 Å². The van der Waals surface area contributed by atoms with E-state index in [1.54, 1.807) is 11.8 Å². The fraction of sp³-hybridized carbons (Fsp3) is 0.571. The maximum absolute atomic E-state index is 13.0. The third-order valence-electron chi connectivity index (χ3n) is 6.70. The molecule has 1 aromatic rings. The van der Waals surface area contributed by atoms with Gasteiger partial charge >= 0.3 is 5.97 Å². The summed E-state index contributed by atoms with van der Waals surface area (Å²) in [6, 6.07) is 8.41. The molecule has 38 heavy (non-hydrogen) atoms. The second kappa shape index (κ2) is 16.9. The molecule has 1 fully saturated rings. The smallest absolute Gasteiger partial charge is 0.328 e. The number of nitrogens with one attached hydrogen (secondary N) is 3. The molecule has 0 aliphatic carbocycles. The molecule has 1 heterocycles. The SMILES string of the molecule is CC[C@H](C)[C@@H](CN(CC=Cc1ccccc1)CC(=O)N[C@@H](CCSC)C(=O)OC)NC(=O)[C@@H]1CCC(=O)N1. The normalized spacial score (nSPS) is 17.6. The van der Waals surface area contributed by atoms with Crippen LogP contribution in [0.5, 0.6) is 0 Å². The summed E-state index contributed by atoms with van der Waals surface area (Å²) in [6.45, 7) is 5.07. The maximum atomic E-state index is 13.0. The molecule has 0 saturated carbocycles. The highest BCUT2D eigenvalue weighted by Crippen LogP contribution is 2.13. The fourth-order valence-electron chi connectivity index (χ4n) is 4.20. The summed E-state index contributed by atoms with van der Waals surface area (Å²) in [5.41, 5.74) is 1.04. The highest BCUT2D eigenvalue weighted by Gasteiger charge is 2.31. The quantitative estimate of drug-likeness (QED) is 0.272. The van der Waals surface area contributed by atoms with Crippen molar-refractivity contribution in [3.05, 3.63) is 42.0 Å². The topological polar surface area (TPSA) is 117 Å². The van der Waals surface area contributed by atoms with Crippen LogP contribution in [0.3, 0.4) is 0 Å². The van der Waals surface area contributed by atoms with Crippen molar-refractivity contribution in [3.63, 3.8) is 0 Å². The highest BCUT2D eigenvalue weighted by atomic mass is 32.2. The van der Waals surface area contributed by atoms with E-state index >= 15 is 0 Å². The molecule has 1 saturated heterocycles. The number of rotatable bonds is 16. The summed E-state index contributed by atoms with van der Waals surface area (Å²) in [4.78, 5) is 51.7. The molecule has 10 heteroatoms. The number of benzene rings is 1. The van der Waals surface area contributed by atoms with Gasteiger partial charge in [0.25, 0.3) is 0 Å². The number of nitrogens with zero attached hydrogens (tertiary/aromatic N) is 1. The van der Waals surface area contributed by atoms with Crippen LogP contribution >= 0.6 is 11.8 Å². The number of hydrogen-bond donors (Lipinski definition) is 3. The number of ether oxygens (including phenoxy) is 1. The zero-order valence-electron chi connectivity index (χ0n) is 22.9. The summed E-state index contributed by atoms with van der Waals surface area (Å²) in [6.07, 6.45) is 8.06. The van der Waals surface area contributed by atoms with Gasteiger partial charge < -0.3 is 20.7 Å². The van der Waals surface area contributed by atoms with E-state index in [2.05, 4.69) is 29.8 Å². The van der Waals surface area contributed by atoms with Crippen LogP contribution in [0.4, 0.5) is 0 Å². The van der Waals surface area contributed by atoms with Gasteiger partial charge in [-0.3, -0.25) is 19.3 Å². The minimum absolute atomic E-state index is 0.0505. The van der Waals surface area contributed by atoms with Gasteiger partial charge in [0.2, 0.25) is 17.7 Å². The van der Waals surface area contributed by atoms with Crippen LogP contribution in [0.2, 0.25) is 0 Å². The van der Waals surface area contributed by atoms with Crippen molar-refractivity contribution in [2.75, 3.05) is 38.8 Å². The fourth-order valence-corrected chi connectivity index (χ4v) is 4.67. The van der Waals surface area contributed by atoms with Gasteiger partial charge in [-0.15, -0.1) is 0 Å². The predicted octanol–water partition coefficient (Wildman–Crippen LogP) is 2.22. The predicted molar refractivity (Wildman–Crippen MR) is 151 cm³/mol. The molecular weight excluding hydrogens is 504 g/mol. The molecule has 2 rings (SSSR count). The number of methoxy groups -OCH3 is 1. The van der Waals surface area contributed by atoms with Gasteiger partial charge in [-0.25, -0.2) is 4.79 Å². The van der Waals surface area contributed by atoms with Crippen molar-refractivity contribution in [1.29, 1.82) is 0 Å². The van der Waals surface area contributed by atoms with E-state index in [4.69, 9.17) is 4.74 Å². The molecule has 210 valence electrons. The molecular formula is C28H42N4O5S. The number of hydrogen-bond acceptors (Lipinski definition) is 7. The Bertz CT molecular complexity index is 942. The molecule has 3 N–H and O–H groups in total. The second-order valence-electron chi connectivity index (χ2n) is 9.59. The van der Waals surface area contributed by atoms with Crippen LogP contribution in [-0.4, -0.2) is 85.5 Å². The van der Waals surface area contributed by atoms with Gasteiger partial charge in [-0.1, -0.05) is 62.8 Å². The molecule has 1 aliphatic heterocycles. The highest BCUT2D eigenvalue weighted by molar-refractivity contribution is 7.98. The van der Waals surface area contributed by atoms with Crippen LogP contribution in [0.1, 0.15) is 45.1 Å². The summed E-state index contributed by atoms with van der Waals surface area (Å²) >= 11 is 1.59. The zero-order chi connectivity index (χ0) is 27.9. The summed E-state index contributed by atoms with van der Waals surface area (Å²) in [7, 11) is 1.31. The van der Waals surface area contributed by atoms with Gasteiger partial charge in [-0.05, 0) is 36.3 Å². The average Bonchev–Trinajstić information content (AvgIpc) is 3.36. The maximum Gasteiger partial charge on any atom is 0.328 e. The molecule has 0 spiro atoms. The van der Waals surface area contributed by atoms with Crippen LogP contribution in [0, 0.1) is 5.92 Å². The molecule has 0 unspecified atom stereocenters. The first-order valence-corrected chi connectivity index (χ1v) is 14.6. The van der Waals surface area contributed by atoms with Gasteiger partial charge in [0.15, 0.2) is 0 Å². The van der Waals surface area contributed by atoms with Crippen molar-refractivity contribution in [2.45, 2.75) is 57.7 Å². The van der Waals surface area contributed by atoms with Crippen LogP contribution in [0.25, 0.3) is 6.08 Å². The van der Waals surface area contributed by atoms with E-state index in [0.717, 1.165) is 12.0 Å². The molecule has 0 aromatic heterocycles. The van der Waals surface area contributed by atoms with Crippen molar-refractivity contribution >= 4 is 41.5 Å². The third kappa shape index (κ3) is 10.9. The molecule has 0 bridgehead atoms. The van der Waals surface area contributed by atoms with Gasteiger partial charge in [0.1, 0.15) is 12.1 Å². The van der Waals surface area contributed by atoms with Gasteiger partial charge in [0, 0.05) is 25.6 Å². The van der Waals surface area contributed by atoms with Crippen LogP contribution in [0.15, 0.2) is 36.4 Å². The number of thioether (sulfide) groups is 1. The Morgan fingerprint density at radius 3 is 2.58 bits per heavy atom. The Morgan fingerprint density at radius 1 is 1.24 bits per heavy atom. The second-order valence-corrected chi connectivity index (χ2v) is 10.6. The largest absolute Gasteiger partial charge is 0.467 e. The summed E-state index contributed by atoms with van der Waals surface area (Å²) < 4.78 is 4.87. The van der Waals surface area contributed by atoms with E-state index in [1.807, 2.05) is 53.6 Å². The van der Waals surface area contributed by atoms with Crippen molar-refractivity contribution in [3.8, 4) is 0 Å². The lowest BCUT2D eigenvalue weighted by atomic mass is 9.97. The molecule has 4 atom stereocenters. The molecule has 1 aromatic carbocycles. The Labute approximate surface area is 230 Å². The van der Waals surface area contributed by atoms with Gasteiger partial charge in [-0.2, -0.15) is 11.8 Å². The molecule has 1 aliphatic rings. The standard InChI is InChI=1S/C28H42N4O5S/c1-5-20(2)24(31-27(35)22-13-14-25(33)29-22)18-32(16-9-12-21-10-7-6-8-11-21)19-26(34)30-23(15-17-38-4)28(36)37-3/h6-12,20,22-24H,5,13-19H2,1-4H3,(H,29,33)(H,30,34)(H,31,35)/t20-,22-,23-,24+/m0/s1. The lowest BCUT2D eigenvalue weighted by molar-refractivity contribution is -0.145. The first-order chi connectivity index (χ1) is 18.3. The Morgan fingerprint density at radius 2 is 1.97 bits per heavy atom. The van der Waals surface area contributed by atoms with Crippen molar-refractivity contribution in [2.24, 2.45) is 5.92 Å². The van der Waals surface area contributed by atoms with E-state index in [-0.39, 0.29) is 36.2 Å². The van der Waals surface area contributed by atoms with Crippen molar-refractivity contribution < 1.29 is 23.9 Å². The number of esters is 1. The Balaban J connectivity index is 2.15. The molecule has 3 amide bonds. The third-order valence-corrected chi connectivity index (χ3v) is 7.34. The summed E-state index contributed by atoms with van der Waals surface area (Å²) in [5, 5.41) is 8.65. The minimum atomic E-state index is -0.710.